The highest BCUT2D eigenvalue weighted by atomic mass is 15.1. The molecule has 0 amide bonds. The second-order valence-corrected chi connectivity index (χ2v) is 7.23. The van der Waals surface area contributed by atoms with E-state index in [0.29, 0.717) is 11.8 Å². The molecule has 128 valence electrons. The molecule has 1 aromatic heterocycles. The van der Waals surface area contributed by atoms with E-state index in [9.17, 15) is 0 Å². The van der Waals surface area contributed by atoms with E-state index < -0.39 is 0 Å². The Hall–Kier alpha value is -2.26. The van der Waals surface area contributed by atoms with Gasteiger partial charge in [0, 0.05) is 50.1 Å². The minimum absolute atomic E-state index is 0.334. The van der Waals surface area contributed by atoms with E-state index in [1.165, 1.54) is 22.3 Å². The third-order valence-corrected chi connectivity index (χ3v) is 5.48. The number of aryl methyl sites for hydroxylation is 1. The molecule has 0 radical (unpaired) electrons. The maximum atomic E-state index is 4.58. The van der Waals surface area contributed by atoms with Gasteiger partial charge in [0.1, 0.15) is 0 Å². The predicted molar refractivity (Wildman–Crippen MR) is 103 cm³/mol. The maximum absolute atomic E-state index is 4.58. The largest absolute Gasteiger partial charge is 0.296 e. The topological polar surface area (TPSA) is 29.0 Å². The van der Waals surface area contributed by atoms with E-state index in [1.807, 2.05) is 6.20 Å². The number of hydrogen-bond donors (Lipinski definition) is 0. The number of fused-ring (bicyclic) bond motifs is 1. The second-order valence-electron chi connectivity index (χ2n) is 7.23. The fraction of sp³-hybridized carbons (Fsp3) is 0.364. The van der Waals surface area contributed by atoms with Crippen LogP contribution in [-0.2, 0) is 0 Å². The molecule has 1 aromatic carbocycles. The minimum atomic E-state index is 0.334. The standard InChI is InChI=1S/C22H25N3/c1-16-5-6-20-19(13-16)14-18(7-12-25-10-3-4-11-25)22(20)17(2)21-15-23-8-9-24-21/h3-6,8-9,13-15,17,22H,7,10-12H2,1-2H3. The lowest BCUT2D eigenvalue weighted by atomic mass is 9.81. The highest BCUT2D eigenvalue weighted by molar-refractivity contribution is 5.68. The monoisotopic (exact) mass is 331 g/mol. The molecule has 2 unspecified atom stereocenters. The van der Waals surface area contributed by atoms with Gasteiger partial charge in [0.2, 0.25) is 0 Å². The molecule has 0 saturated carbocycles. The summed E-state index contributed by atoms with van der Waals surface area (Å²) in [5.74, 6) is 0.739. The number of aromatic nitrogens is 2. The van der Waals surface area contributed by atoms with Crippen LogP contribution in [0.2, 0.25) is 0 Å². The van der Waals surface area contributed by atoms with Gasteiger partial charge in [-0.05, 0) is 24.5 Å². The van der Waals surface area contributed by atoms with Crippen molar-refractivity contribution < 1.29 is 0 Å². The normalized spacial score (nSPS) is 20.6. The van der Waals surface area contributed by atoms with Crippen molar-refractivity contribution in [3.05, 3.63) is 76.9 Å². The molecule has 2 heterocycles. The van der Waals surface area contributed by atoms with Crippen LogP contribution in [0.4, 0.5) is 0 Å². The average molecular weight is 331 g/mol. The zero-order valence-corrected chi connectivity index (χ0v) is 15.0. The molecular formula is C22H25N3. The van der Waals surface area contributed by atoms with Crippen molar-refractivity contribution in [2.24, 2.45) is 0 Å². The smallest absolute Gasteiger partial charge is 0.0624 e. The summed E-state index contributed by atoms with van der Waals surface area (Å²) in [6, 6.07) is 6.86. The molecule has 0 fully saturated rings. The molecule has 3 nitrogen and oxygen atoms in total. The number of nitrogens with zero attached hydrogens (tertiary/aromatic N) is 3. The van der Waals surface area contributed by atoms with E-state index in [-0.39, 0.29) is 0 Å². The first-order chi connectivity index (χ1) is 12.2. The van der Waals surface area contributed by atoms with Crippen LogP contribution < -0.4 is 0 Å². The second kappa shape index (κ2) is 6.93. The summed E-state index contributed by atoms with van der Waals surface area (Å²) in [5.41, 5.74) is 6.76. The highest BCUT2D eigenvalue weighted by Crippen LogP contribution is 2.46. The zero-order chi connectivity index (χ0) is 17.2. The SMILES string of the molecule is Cc1ccc2c(c1)C=C(CCN1CC=CC1)C2C(C)c1cnccn1. The molecule has 4 rings (SSSR count). The Kier molecular flexibility index (Phi) is 4.50. The van der Waals surface area contributed by atoms with Crippen molar-refractivity contribution in [2.45, 2.75) is 32.1 Å². The van der Waals surface area contributed by atoms with E-state index >= 15 is 0 Å². The fourth-order valence-electron chi connectivity index (χ4n) is 4.12. The number of rotatable bonds is 5. The molecule has 2 atom stereocenters. The van der Waals surface area contributed by atoms with Gasteiger partial charge in [-0.1, -0.05) is 54.5 Å². The van der Waals surface area contributed by atoms with Crippen LogP contribution in [0, 0.1) is 6.92 Å². The van der Waals surface area contributed by atoms with Crippen LogP contribution in [0.1, 0.15) is 47.6 Å². The Balaban J connectivity index is 1.62. The molecule has 2 aliphatic rings. The first kappa shape index (κ1) is 16.2. The van der Waals surface area contributed by atoms with Crippen LogP contribution in [0.5, 0.6) is 0 Å². The molecular weight excluding hydrogens is 306 g/mol. The molecule has 1 aliphatic heterocycles. The van der Waals surface area contributed by atoms with Gasteiger partial charge in [-0.25, -0.2) is 0 Å². The van der Waals surface area contributed by atoms with Gasteiger partial charge in [0.25, 0.3) is 0 Å². The van der Waals surface area contributed by atoms with Gasteiger partial charge >= 0.3 is 0 Å². The fourth-order valence-corrected chi connectivity index (χ4v) is 4.12. The summed E-state index contributed by atoms with van der Waals surface area (Å²) in [6.07, 6.45) is 13.5. The first-order valence-electron chi connectivity index (χ1n) is 9.16. The molecule has 0 N–H and O–H groups in total. The molecule has 0 saturated heterocycles. The third kappa shape index (κ3) is 3.29. The highest BCUT2D eigenvalue weighted by Gasteiger charge is 2.31. The molecule has 0 bridgehead atoms. The summed E-state index contributed by atoms with van der Waals surface area (Å²) in [5, 5.41) is 0. The maximum Gasteiger partial charge on any atom is 0.0624 e. The van der Waals surface area contributed by atoms with Gasteiger partial charge in [-0.15, -0.1) is 0 Å². The molecule has 25 heavy (non-hydrogen) atoms. The van der Waals surface area contributed by atoms with Crippen LogP contribution in [0.3, 0.4) is 0 Å². The van der Waals surface area contributed by atoms with E-state index in [1.54, 1.807) is 12.4 Å². The van der Waals surface area contributed by atoms with Crippen molar-refractivity contribution >= 4 is 6.08 Å². The van der Waals surface area contributed by atoms with Crippen LogP contribution >= 0.6 is 0 Å². The average Bonchev–Trinajstić information content (AvgIpc) is 3.27. The minimum Gasteiger partial charge on any atom is -0.296 e. The quantitative estimate of drug-likeness (QED) is 0.764. The Labute approximate surface area is 150 Å². The molecule has 3 heteroatoms. The lowest BCUT2D eigenvalue weighted by molar-refractivity contribution is 0.353. The Morgan fingerprint density at radius 2 is 2.04 bits per heavy atom. The molecule has 0 spiro atoms. The van der Waals surface area contributed by atoms with Crippen LogP contribution in [0.25, 0.3) is 6.08 Å². The Morgan fingerprint density at radius 3 is 2.80 bits per heavy atom. The van der Waals surface area contributed by atoms with Gasteiger partial charge in [0.15, 0.2) is 0 Å². The first-order valence-corrected chi connectivity index (χ1v) is 9.16. The van der Waals surface area contributed by atoms with Gasteiger partial charge in [-0.3, -0.25) is 14.9 Å². The number of benzene rings is 1. The predicted octanol–water partition coefficient (Wildman–Crippen LogP) is 4.33. The van der Waals surface area contributed by atoms with Crippen molar-refractivity contribution in [3.8, 4) is 0 Å². The third-order valence-electron chi connectivity index (χ3n) is 5.48. The summed E-state index contributed by atoms with van der Waals surface area (Å²) in [7, 11) is 0. The van der Waals surface area contributed by atoms with Gasteiger partial charge in [0.05, 0.1) is 5.69 Å². The van der Waals surface area contributed by atoms with Crippen molar-refractivity contribution in [1.82, 2.24) is 14.9 Å². The van der Waals surface area contributed by atoms with Crippen molar-refractivity contribution in [3.63, 3.8) is 0 Å². The van der Waals surface area contributed by atoms with E-state index in [2.05, 4.69) is 65.1 Å². The summed E-state index contributed by atoms with van der Waals surface area (Å²) >= 11 is 0. The zero-order valence-electron chi connectivity index (χ0n) is 15.0. The summed E-state index contributed by atoms with van der Waals surface area (Å²) in [4.78, 5) is 11.4. The lowest BCUT2D eigenvalue weighted by Crippen LogP contribution is -2.22. The number of hydrogen-bond acceptors (Lipinski definition) is 3. The van der Waals surface area contributed by atoms with Crippen LogP contribution in [0.15, 0.2) is 54.5 Å². The summed E-state index contributed by atoms with van der Waals surface area (Å²) in [6.45, 7) is 7.75. The Bertz CT molecular complexity index is 799. The van der Waals surface area contributed by atoms with Gasteiger partial charge < -0.3 is 0 Å². The van der Waals surface area contributed by atoms with Crippen molar-refractivity contribution in [2.75, 3.05) is 19.6 Å². The van der Waals surface area contributed by atoms with E-state index in [0.717, 1.165) is 31.7 Å². The molecule has 1 aliphatic carbocycles. The lowest BCUT2D eigenvalue weighted by Gasteiger charge is -2.25. The van der Waals surface area contributed by atoms with E-state index in [4.69, 9.17) is 0 Å². The Morgan fingerprint density at radius 1 is 1.20 bits per heavy atom. The summed E-state index contributed by atoms with van der Waals surface area (Å²) < 4.78 is 0. The van der Waals surface area contributed by atoms with Crippen molar-refractivity contribution in [1.29, 1.82) is 0 Å². The molecule has 2 aromatic rings. The van der Waals surface area contributed by atoms with Gasteiger partial charge in [-0.2, -0.15) is 0 Å². The van der Waals surface area contributed by atoms with Crippen LogP contribution in [-0.4, -0.2) is 34.5 Å².